The largest absolute Gasteiger partial charge is 0.480 e. The van der Waals surface area contributed by atoms with Crippen LogP contribution in [-0.4, -0.2) is 170 Å². The molecule has 2 fully saturated rings. The molecule has 4 atom stereocenters. The van der Waals surface area contributed by atoms with E-state index in [9.17, 15) is 71.9 Å². The van der Waals surface area contributed by atoms with Gasteiger partial charge in [0.25, 0.3) is 47.3 Å². The fourth-order valence-corrected chi connectivity index (χ4v) is 14.9. The maximum Gasteiger partial charge on any atom is 0.325 e. The topological polar surface area (TPSA) is 438 Å². The molecule has 2 aromatic heterocycles. The summed E-state index contributed by atoms with van der Waals surface area (Å²) in [4.78, 5) is 197. The summed E-state index contributed by atoms with van der Waals surface area (Å²) in [5, 5.41) is 38.8. The Morgan fingerprint density at radius 2 is 0.873 bits per heavy atom. The van der Waals surface area contributed by atoms with E-state index in [1.807, 2.05) is 142 Å². The number of ether oxygens (including phenoxy) is 1. The van der Waals surface area contributed by atoms with Crippen LogP contribution in [0.3, 0.4) is 0 Å². The monoisotopic (exact) mass is 1700 g/mol. The molecule has 6 heterocycles. The van der Waals surface area contributed by atoms with E-state index in [0.717, 1.165) is 84.5 Å². The maximum atomic E-state index is 13.4. The summed E-state index contributed by atoms with van der Waals surface area (Å²) in [6, 6.07) is 51.2. The number of pyridine rings is 2. The van der Waals surface area contributed by atoms with E-state index in [1.165, 1.54) is 31.2 Å². The Bertz CT molecular complexity index is 5920. The molecule has 14 rings (SSSR count). The molecule has 126 heavy (non-hydrogen) atoms. The number of rotatable bonds is 30. The zero-order valence-electron chi connectivity index (χ0n) is 70.5. The number of hydrogen-bond donors (Lipinski definition) is 11. The van der Waals surface area contributed by atoms with Gasteiger partial charge >= 0.3 is 11.9 Å². The molecule has 0 saturated carbocycles. The predicted molar refractivity (Wildman–Crippen MR) is 473 cm³/mol. The third-order valence-corrected chi connectivity index (χ3v) is 21.4. The van der Waals surface area contributed by atoms with Crippen LogP contribution in [0.1, 0.15) is 195 Å². The van der Waals surface area contributed by atoms with E-state index in [2.05, 4.69) is 63.1 Å². The third kappa shape index (κ3) is 21.6. The summed E-state index contributed by atoms with van der Waals surface area (Å²) < 4.78 is 5.32. The first-order valence-corrected chi connectivity index (χ1v) is 41.4. The lowest BCUT2D eigenvalue weighted by atomic mass is 9.99. The first-order valence-electron chi connectivity index (χ1n) is 41.4. The van der Waals surface area contributed by atoms with Crippen LogP contribution in [0.25, 0.3) is 44.1 Å². The van der Waals surface area contributed by atoms with E-state index in [-0.39, 0.29) is 95.4 Å². The van der Waals surface area contributed by atoms with Crippen LogP contribution in [-0.2, 0) is 38.3 Å². The number of benzene rings is 8. The summed E-state index contributed by atoms with van der Waals surface area (Å²) >= 11 is 0. The highest BCUT2D eigenvalue weighted by Gasteiger charge is 2.48. The minimum absolute atomic E-state index is 0.0214. The number of esters is 1. The number of para-hydroxylation sites is 2. The van der Waals surface area contributed by atoms with Gasteiger partial charge in [-0.3, -0.25) is 102 Å². The SMILES string of the molecule is CC(Nc1cccc2c1C(=O)N(C1CCC(=O)NC1=O)C2=O)C(=O)O.CNC(=O)c1cnc2ccc(-c3ccc(C(=O)NCCCCCC(=O)C(C)Nc4cccc5c4C(=O)N(C4CCC(=O)NC4=O)C5=O)cc3)cc2c1Nc1ccccc1.CNC(=O)c1cnc2ccc(-c3ccc(C(=O)NCCCCCC(=O)OC(C)(C)C)cc3)cc2c1Nc1ccccc1. The second-order valence-electron chi connectivity index (χ2n) is 31.5. The van der Waals surface area contributed by atoms with Crippen molar-refractivity contribution in [3.8, 4) is 22.3 Å². The summed E-state index contributed by atoms with van der Waals surface area (Å²) in [6.45, 7) is 9.64. The lowest BCUT2D eigenvalue weighted by Crippen LogP contribution is -2.54. The first-order chi connectivity index (χ1) is 60.5. The lowest BCUT2D eigenvalue weighted by molar-refractivity contribution is -0.155. The van der Waals surface area contributed by atoms with Crippen molar-refractivity contribution < 1.29 is 81.8 Å². The van der Waals surface area contributed by atoms with Crippen LogP contribution in [0, 0.1) is 0 Å². The number of carbonyl (C=O) groups is 15. The lowest BCUT2D eigenvalue weighted by Gasteiger charge is -2.27. The second kappa shape index (κ2) is 40.7. The minimum atomic E-state index is -1.11. The van der Waals surface area contributed by atoms with Gasteiger partial charge in [-0.1, -0.05) is 97.8 Å². The molecule has 0 bridgehead atoms. The molecule has 31 heteroatoms. The van der Waals surface area contributed by atoms with Crippen LogP contribution in [0.2, 0.25) is 0 Å². The number of ketones is 1. The van der Waals surface area contributed by atoms with Gasteiger partial charge in [-0.2, -0.15) is 0 Å². The van der Waals surface area contributed by atoms with Crippen LogP contribution >= 0.6 is 0 Å². The summed E-state index contributed by atoms with van der Waals surface area (Å²) in [7, 11) is 3.18. The van der Waals surface area contributed by atoms with Gasteiger partial charge in [-0.05, 0) is 192 Å². The number of Topliss-reactive ketones (excluding diaryl/α,β-unsaturated/α-hetero) is 1. The summed E-state index contributed by atoms with van der Waals surface area (Å²) in [5.41, 5.74) is 10.5. The van der Waals surface area contributed by atoms with Gasteiger partial charge in [-0.15, -0.1) is 0 Å². The number of fused-ring (bicyclic) bond motifs is 4. The molecule has 2 saturated heterocycles. The molecule has 4 aliphatic rings. The number of piperidine rings is 2. The molecule has 4 unspecified atom stereocenters. The first kappa shape index (κ1) is 90.1. The standard InChI is InChI=1S/C45H43N7O7.C34H38N4O4.C16H15N3O6/c1-26(49-35-13-9-12-31-39(35)45(59)52(44(31)58)36-21-22-38(54)51-43(36)57)37(53)14-7-4-8-23-47-41(55)28-17-15-27(16-18-28)29-19-20-34-32(24-29)40(33(25-48-34)42(56)46-2)50-30-10-5-3-6-11-30;1-34(2,3)42-30(39)13-9-6-10-20-36-32(40)24-16-14-23(15-17-24)25-18-19-29-27(21-25)31(28(22-37-29)33(41)35-4)38-26-11-7-5-8-12-26;1-7(16(24)25)17-9-4-2-3-8-12(9)15(23)19(14(8)22)10-5-6-11(20)18-13(10)21/h3,5-6,9-13,15-20,24-26,36,49H,4,7-8,14,21-23H2,1-2H3,(H,46,56)(H,47,55)(H,48,50)(H,51,54,57);5,7-8,11-12,14-19,21-22H,6,9-10,13,20H2,1-4H3,(H,35,41)(H,36,40)(H,37,38);2-4,7,10,17H,5-6H2,1H3,(H,24,25)(H,18,20,21). The van der Waals surface area contributed by atoms with Gasteiger partial charge in [0.15, 0.2) is 5.78 Å². The zero-order chi connectivity index (χ0) is 90.0. The number of unbranched alkanes of at least 4 members (excludes halogenated alkanes) is 4. The maximum absolute atomic E-state index is 13.4. The number of carboxylic acid groups (broad SMARTS) is 1. The average Bonchev–Trinajstić information content (AvgIpc) is 1.55. The Morgan fingerprint density at radius 1 is 0.468 bits per heavy atom. The van der Waals surface area contributed by atoms with Crippen LogP contribution in [0.5, 0.6) is 0 Å². The Kier molecular flexibility index (Phi) is 29.1. The molecular formula is C95H96N14O17. The molecular weight excluding hydrogens is 1610 g/mol. The predicted octanol–water partition coefficient (Wildman–Crippen LogP) is 12.4. The quantitative estimate of drug-likeness (QED) is 0.0113. The van der Waals surface area contributed by atoms with E-state index in [0.29, 0.717) is 78.1 Å². The normalized spacial score (nSPS) is 15.1. The molecule has 4 aliphatic heterocycles. The number of carbonyl (C=O) groups excluding carboxylic acids is 14. The second-order valence-corrected chi connectivity index (χ2v) is 31.5. The fraction of sp³-hybridized carbons (Fsp3) is 0.274. The van der Waals surface area contributed by atoms with Gasteiger partial charge in [0.05, 0.1) is 61.8 Å². The van der Waals surface area contributed by atoms with Gasteiger partial charge in [0.2, 0.25) is 23.6 Å². The summed E-state index contributed by atoms with van der Waals surface area (Å²) in [5.74, 6) is -7.09. The highest BCUT2D eigenvalue weighted by Crippen LogP contribution is 2.39. The number of nitrogens with one attached hydrogen (secondary N) is 10. The average molecular weight is 1710 g/mol. The Balaban J connectivity index is 0.000000187. The molecule has 0 spiro atoms. The third-order valence-electron chi connectivity index (χ3n) is 21.4. The van der Waals surface area contributed by atoms with E-state index < -0.39 is 83.0 Å². The molecule has 0 aliphatic carbocycles. The van der Waals surface area contributed by atoms with Crippen molar-refractivity contribution in [1.82, 2.24) is 51.7 Å². The number of aliphatic carboxylic acids is 1. The van der Waals surface area contributed by atoms with Crippen molar-refractivity contribution in [3.63, 3.8) is 0 Å². The van der Waals surface area contributed by atoms with Crippen molar-refractivity contribution in [2.75, 3.05) is 48.5 Å². The number of anilines is 6. The van der Waals surface area contributed by atoms with Crippen molar-refractivity contribution in [2.45, 2.75) is 141 Å². The number of imide groups is 4. The van der Waals surface area contributed by atoms with Crippen LogP contribution in [0.4, 0.5) is 34.1 Å². The highest BCUT2D eigenvalue weighted by atomic mass is 16.6. The van der Waals surface area contributed by atoms with Gasteiger partial charge in [-0.25, -0.2) is 0 Å². The van der Waals surface area contributed by atoms with Crippen molar-refractivity contribution in [3.05, 3.63) is 239 Å². The summed E-state index contributed by atoms with van der Waals surface area (Å²) in [6.07, 6.45) is 8.28. The van der Waals surface area contributed by atoms with Crippen molar-refractivity contribution in [1.29, 1.82) is 0 Å². The Morgan fingerprint density at radius 3 is 1.27 bits per heavy atom. The van der Waals surface area contributed by atoms with Crippen molar-refractivity contribution in [2.24, 2.45) is 0 Å². The zero-order valence-corrected chi connectivity index (χ0v) is 70.5. The van der Waals surface area contributed by atoms with Gasteiger partial charge in [0, 0.05) is 110 Å². The van der Waals surface area contributed by atoms with Gasteiger partial charge in [0.1, 0.15) is 23.7 Å². The van der Waals surface area contributed by atoms with E-state index >= 15 is 0 Å². The number of nitrogens with zero attached hydrogens (tertiary/aromatic N) is 4. The van der Waals surface area contributed by atoms with Crippen LogP contribution < -0.4 is 53.2 Å². The number of carboxylic acids is 1. The molecule has 11 N–H and O–H groups in total. The highest BCUT2D eigenvalue weighted by molar-refractivity contribution is 6.27. The number of amides is 12. The smallest absolute Gasteiger partial charge is 0.325 e. The van der Waals surface area contributed by atoms with E-state index in [4.69, 9.17) is 9.84 Å². The molecule has 10 aromatic rings. The molecule has 31 nitrogen and oxygen atoms in total. The Labute approximate surface area is 725 Å². The Hall–Kier alpha value is -15.2. The number of hydrogen-bond acceptors (Lipinski definition) is 22. The van der Waals surface area contributed by atoms with E-state index in [1.54, 1.807) is 69.8 Å². The fourth-order valence-electron chi connectivity index (χ4n) is 14.9. The molecule has 12 amide bonds. The molecule has 8 aromatic carbocycles. The molecule has 648 valence electrons. The van der Waals surface area contributed by atoms with Crippen molar-refractivity contribution >= 4 is 145 Å². The van der Waals surface area contributed by atoms with Crippen LogP contribution in [0.15, 0.2) is 194 Å². The van der Waals surface area contributed by atoms with Gasteiger partial charge < -0.3 is 52.4 Å². The number of aromatic nitrogens is 2. The molecule has 0 radical (unpaired) electrons. The minimum Gasteiger partial charge on any atom is -0.480 e.